The van der Waals surface area contributed by atoms with Crippen LogP contribution in [0, 0.1) is 0 Å². The van der Waals surface area contributed by atoms with Gasteiger partial charge in [0.2, 0.25) is 5.91 Å². The lowest BCUT2D eigenvalue weighted by atomic mass is 9.97. The molecule has 2 heterocycles. The molecule has 22 heavy (non-hydrogen) atoms. The van der Waals surface area contributed by atoms with E-state index in [1.165, 1.54) is 16.9 Å². The van der Waals surface area contributed by atoms with E-state index in [0.29, 0.717) is 12.2 Å². The number of hydrogen-bond donors (Lipinski definition) is 3. The minimum absolute atomic E-state index is 0.0759. The summed E-state index contributed by atoms with van der Waals surface area (Å²) in [4.78, 5) is 33.3. The molecule has 1 aliphatic carbocycles. The first-order valence-electron chi connectivity index (χ1n) is 7.60. The Balaban J connectivity index is 1.81. The molecular formula is C15H19N3O3S. The highest BCUT2D eigenvalue weighted by atomic mass is 32.1. The maximum absolute atomic E-state index is 12.3. The van der Waals surface area contributed by atoms with E-state index in [-0.39, 0.29) is 31.0 Å². The van der Waals surface area contributed by atoms with Crippen LogP contribution in [0.15, 0.2) is 4.79 Å². The Morgan fingerprint density at radius 3 is 3.00 bits per heavy atom. The van der Waals surface area contributed by atoms with E-state index in [0.717, 1.165) is 29.5 Å². The number of nitrogens with zero attached hydrogens (tertiary/aromatic N) is 1. The summed E-state index contributed by atoms with van der Waals surface area (Å²) >= 11 is 1.61. The molecule has 2 aromatic heterocycles. The van der Waals surface area contributed by atoms with Crippen molar-refractivity contribution in [2.75, 3.05) is 13.2 Å². The molecule has 0 saturated carbocycles. The number of thiophene rings is 1. The van der Waals surface area contributed by atoms with Crippen LogP contribution < -0.4 is 10.9 Å². The van der Waals surface area contributed by atoms with E-state index in [9.17, 15) is 9.59 Å². The molecule has 3 N–H and O–H groups in total. The summed E-state index contributed by atoms with van der Waals surface area (Å²) in [6.07, 6.45) is 4.95. The lowest BCUT2D eigenvalue weighted by molar-refractivity contribution is -0.121. The summed E-state index contributed by atoms with van der Waals surface area (Å²) in [5.74, 6) is 0.400. The van der Waals surface area contributed by atoms with Gasteiger partial charge in [-0.1, -0.05) is 0 Å². The highest BCUT2D eigenvalue weighted by molar-refractivity contribution is 7.18. The predicted octanol–water partition coefficient (Wildman–Crippen LogP) is 0.904. The number of aromatic nitrogens is 2. The molecule has 1 amide bonds. The fraction of sp³-hybridized carbons (Fsp3) is 0.533. The second-order valence-electron chi connectivity index (χ2n) is 5.48. The lowest BCUT2D eigenvalue weighted by Crippen LogP contribution is -2.27. The number of hydrogen-bond acceptors (Lipinski definition) is 5. The number of carbonyl (C=O) groups excluding carboxylic acids is 1. The summed E-state index contributed by atoms with van der Waals surface area (Å²) in [6.45, 7) is 0.174. The number of aliphatic hydroxyl groups is 1. The Hall–Kier alpha value is -1.73. The van der Waals surface area contributed by atoms with Crippen molar-refractivity contribution in [3.63, 3.8) is 0 Å². The number of carbonyl (C=O) groups is 1. The maximum Gasteiger partial charge on any atom is 0.259 e. The summed E-state index contributed by atoms with van der Waals surface area (Å²) < 4.78 is 0. The normalized spacial score (nSPS) is 14.0. The van der Waals surface area contributed by atoms with Crippen LogP contribution in [0.2, 0.25) is 0 Å². The van der Waals surface area contributed by atoms with Gasteiger partial charge in [0.1, 0.15) is 10.7 Å². The second-order valence-corrected chi connectivity index (χ2v) is 6.56. The monoisotopic (exact) mass is 321 g/mol. The van der Waals surface area contributed by atoms with Crippen molar-refractivity contribution in [2.45, 2.75) is 38.5 Å². The molecule has 0 bridgehead atoms. The predicted molar refractivity (Wildman–Crippen MR) is 85.3 cm³/mol. The Kier molecular flexibility index (Phi) is 4.54. The third-order valence-corrected chi connectivity index (χ3v) is 5.08. The lowest BCUT2D eigenvalue weighted by Gasteiger charge is -2.09. The first kappa shape index (κ1) is 15.2. The first-order chi connectivity index (χ1) is 10.7. The minimum Gasteiger partial charge on any atom is -0.395 e. The van der Waals surface area contributed by atoms with Gasteiger partial charge in [-0.15, -0.1) is 11.3 Å². The molecule has 7 heteroatoms. The molecule has 3 rings (SSSR count). The Labute approximate surface area is 131 Å². The maximum atomic E-state index is 12.3. The van der Waals surface area contributed by atoms with Gasteiger partial charge >= 0.3 is 0 Å². The van der Waals surface area contributed by atoms with E-state index < -0.39 is 0 Å². The average Bonchev–Trinajstić information content (AvgIpc) is 2.89. The molecule has 6 nitrogen and oxygen atoms in total. The van der Waals surface area contributed by atoms with Crippen molar-refractivity contribution >= 4 is 27.5 Å². The van der Waals surface area contributed by atoms with Crippen LogP contribution in [0.1, 0.15) is 35.5 Å². The summed E-state index contributed by atoms with van der Waals surface area (Å²) in [6, 6.07) is 0. The second kappa shape index (κ2) is 6.58. The van der Waals surface area contributed by atoms with Gasteiger partial charge in [-0.05, 0) is 31.2 Å². The number of amides is 1. The van der Waals surface area contributed by atoms with Crippen LogP contribution in [0.4, 0.5) is 0 Å². The highest BCUT2D eigenvalue weighted by Gasteiger charge is 2.19. The summed E-state index contributed by atoms with van der Waals surface area (Å²) in [5, 5.41) is 12.0. The molecule has 0 aliphatic heterocycles. The number of aromatic amines is 1. The molecule has 0 unspecified atom stereocenters. The van der Waals surface area contributed by atoms with Crippen molar-refractivity contribution in [3.8, 4) is 0 Å². The molecule has 1 aliphatic rings. The zero-order valence-corrected chi connectivity index (χ0v) is 13.1. The zero-order chi connectivity index (χ0) is 15.5. The molecular weight excluding hydrogens is 302 g/mol. The van der Waals surface area contributed by atoms with Gasteiger partial charge < -0.3 is 15.4 Å². The molecule has 118 valence electrons. The quantitative estimate of drug-likeness (QED) is 0.762. The number of aliphatic hydroxyl groups excluding tert-OH is 1. The minimum atomic E-state index is -0.151. The van der Waals surface area contributed by atoms with E-state index in [4.69, 9.17) is 5.11 Å². The van der Waals surface area contributed by atoms with Crippen molar-refractivity contribution < 1.29 is 9.90 Å². The van der Waals surface area contributed by atoms with Crippen molar-refractivity contribution in [1.82, 2.24) is 15.3 Å². The highest BCUT2D eigenvalue weighted by Crippen LogP contribution is 2.33. The SMILES string of the molecule is O=C(CCc1nc2sc3c(c2c(=O)[nH]1)CCCC3)NCCO. The van der Waals surface area contributed by atoms with Gasteiger partial charge in [-0.2, -0.15) is 0 Å². The molecule has 0 radical (unpaired) electrons. The van der Waals surface area contributed by atoms with Crippen LogP contribution in [0.3, 0.4) is 0 Å². The third kappa shape index (κ3) is 3.05. The van der Waals surface area contributed by atoms with Crippen LogP contribution in [-0.2, 0) is 24.1 Å². The fourth-order valence-electron chi connectivity index (χ4n) is 2.84. The van der Waals surface area contributed by atoms with Crippen LogP contribution in [-0.4, -0.2) is 34.1 Å². The van der Waals surface area contributed by atoms with Crippen LogP contribution >= 0.6 is 11.3 Å². The smallest absolute Gasteiger partial charge is 0.259 e. The average molecular weight is 321 g/mol. The largest absolute Gasteiger partial charge is 0.395 e. The van der Waals surface area contributed by atoms with E-state index in [1.807, 2.05) is 0 Å². The molecule has 0 atom stereocenters. The van der Waals surface area contributed by atoms with Crippen molar-refractivity contribution in [1.29, 1.82) is 0 Å². The number of fused-ring (bicyclic) bond motifs is 3. The molecule has 0 aromatic carbocycles. The van der Waals surface area contributed by atoms with Gasteiger partial charge in [-0.3, -0.25) is 9.59 Å². The third-order valence-electron chi connectivity index (χ3n) is 3.90. The Morgan fingerprint density at radius 2 is 2.18 bits per heavy atom. The Morgan fingerprint density at radius 1 is 1.36 bits per heavy atom. The number of rotatable bonds is 5. The number of aryl methyl sites for hydroxylation is 3. The van der Waals surface area contributed by atoms with Gasteiger partial charge in [0.05, 0.1) is 12.0 Å². The fourth-order valence-corrected chi connectivity index (χ4v) is 4.12. The molecule has 2 aromatic rings. The van der Waals surface area contributed by atoms with Gasteiger partial charge in [0.15, 0.2) is 0 Å². The van der Waals surface area contributed by atoms with Gasteiger partial charge in [-0.25, -0.2) is 4.98 Å². The summed E-state index contributed by atoms with van der Waals surface area (Å²) in [5.41, 5.74) is 1.09. The molecule has 0 spiro atoms. The van der Waals surface area contributed by atoms with Crippen molar-refractivity contribution in [3.05, 3.63) is 26.6 Å². The van der Waals surface area contributed by atoms with Crippen LogP contribution in [0.5, 0.6) is 0 Å². The van der Waals surface area contributed by atoms with Gasteiger partial charge in [0, 0.05) is 24.3 Å². The van der Waals surface area contributed by atoms with Crippen molar-refractivity contribution in [2.24, 2.45) is 0 Å². The topological polar surface area (TPSA) is 95.1 Å². The zero-order valence-electron chi connectivity index (χ0n) is 12.3. The Bertz CT molecular complexity index is 750. The van der Waals surface area contributed by atoms with E-state index in [1.54, 1.807) is 11.3 Å². The summed E-state index contributed by atoms with van der Waals surface area (Å²) in [7, 11) is 0. The van der Waals surface area contributed by atoms with Crippen LogP contribution in [0.25, 0.3) is 10.2 Å². The standard InChI is InChI=1S/C15H19N3O3S/c19-8-7-16-12(20)6-5-11-17-14(21)13-9-3-1-2-4-10(9)22-15(13)18-11/h19H,1-8H2,(H,16,20)(H,17,18,21). The first-order valence-corrected chi connectivity index (χ1v) is 8.41. The molecule has 0 saturated heterocycles. The van der Waals surface area contributed by atoms with Gasteiger partial charge in [0.25, 0.3) is 5.56 Å². The van der Waals surface area contributed by atoms with E-state index >= 15 is 0 Å². The molecule has 0 fully saturated rings. The number of H-pyrrole nitrogens is 1. The van der Waals surface area contributed by atoms with E-state index in [2.05, 4.69) is 15.3 Å². The number of nitrogens with one attached hydrogen (secondary N) is 2.